The molecule has 0 spiro atoms. The molecular weight excluding hydrogens is 288 g/mol. The van der Waals surface area contributed by atoms with Crippen molar-refractivity contribution in [3.05, 3.63) is 65.7 Å². The largest absolute Gasteiger partial charge is 0.374 e. The third kappa shape index (κ3) is 4.14. The minimum atomic E-state index is -3.77. The summed E-state index contributed by atoms with van der Waals surface area (Å²) in [4.78, 5) is 0.149. The lowest BCUT2D eigenvalue weighted by Crippen LogP contribution is -2.15. The van der Waals surface area contributed by atoms with E-state index in [2.05, 4.69) is 0 Å². The molecule has 0 aliphatic rings. The maximum absolute atomic E-state index is 12.1. The molecule has 0 heterocycles. The first-order valence-electron chi connectivity index (χ1n) is 6.57. The molecule has 0 aromatic heterocycles. The van der Waals surface area contributed by atoms with Gasteiger partial charge in [-0.3, -0.25) is 4.18 Å². The number of benzene rings is 2. The standard InChI is InChI=1S/C16H18O4S/c1-13-8-10-15(11-9-13)21(17,18)20-12-16(19-2)14-6-4-3-5-7-14/h3-11,16H,12H2,1-2H3/t16-/m1/s1. The second-order valence-corrected chi connectivity index (χ2v) is 6.30. The molecule has 21 heavy (non-hydrogen) atoms. The maximum atomic E-state index is 12.1. The summed E-state index contributed by atoms with van der Waals surface area (Å²) >= 11 is 0. The number of methoxy groups -OCH3 is 1. The molecule has 0 aliphatic heterocycles. The fraction of sp³-hybridized carbons (Fsp3) is 0.250. The van der Waals surface area contributed by atoms with Crippen molar-refractivity contribution in [1.29, 1.82) is 0 Å². The quantitative estimate of drug-likeness (QED) is 0.770. The highest BCUT2D eigenvalue weighted by molar-refractivity contribution is 7.86. The van der Waals surface area contributed by atoms with Crippen molar-refractivity contribution in [2.24, 2.45) is 0 Å². The molecule has 0 amide bonds. The molecule has 2 rings (SSSR count). The first-order valence-corrected chi connectivity index (χ1v) is 7.97. The zero-order chi connectivity index (χ0) is 15.3. The van der Waals surface area contributed by atoms with E-state index in [9.17, 15) is 8.42 Å². The Bertz CT molecular complexity index is 663. The summed E-state index contributed by atoms with van der Waals surface area (Å²) in [6, 6.07) is 15.9. The number of ether oxygens (including phenoxy) is 1. The number of hydrogen-bond acceptors (Lipinski definition) is 4. The molecule has 2 aromatic carbocycles. The van der Waals surface area contributed by atoms with Crippen LogP contribution in [0.25, 0.3) is 0 Å². The molecule has 112 valence electrons. The van der Waals surface area contributed by atoms with E-state index < -0.39 is 16.2 Å². The molecule has 0 radical (unpaired) electrons. The number of aryl methyl sites for hydroxylation is 1. The van der Waals surface area contributed by atoms with Crippen LogP contribution in [0.2, 0.25) is 0 Å². The Morgan fingerprint density at radius 3 is 2.19 bits per heavy atom. The molecule has 0 saturated carbocycles. The van der Waals surface area contributed by atoms with Gasteiger partial charge >= 0.3 is 0 Å². The Balaban J connectivity index is 2.08. The van der Waals surface area contributed by atoms with E-state index in [0.717, 1.165) is 11.1 Å². The van der Waals surface area contributed by atoms with E-state index in [4.69, 9.17) is 8.92 Å². The van der Waals surface area contributed by atoms with Crippen LogP contribution >= 0.6 is 0 Å². The maximum Gasteiger partial charge on any atom is 0.297 e. The summed E-state index contributed by atoms with van der Waals surface area (Å²) < 4.78 is 34.6. The fourth-order valence-electron chi connectivity index (χ4n) is 1.89. The molecular formula is C16H18O4S. The minimum absolute atomic E-state index is 0.0588. The van der Waals surface area contributed by atoms with E-state index in [-0.39, 0.29) is 11.5 Å². The van der Waals surface area contributed by atoms with Gasteiger partial charge in [-0.25, -0.2) is 0 Å². The zero-order valence-electron chi connectivity index (χ0n) is 12.0. The minimum Gasteiger partial charge on any atom is -0.374 e. The summed E-state index contributed by atoms with van der Waals surface area (Å²) in [7, 11) is -2.24. The lowest BCUT2D eigenvalue weighted by molar-refractivity contribution is 0.0598. The SMILES string of the molecule is CO[C@H](COS(=O)(=O)c1ccc(C)cc1)c1ccccc1. The normalized spacial score (nSPS) is 13.0. The third-order valence-electron chi connectivity index (χ3n) is 3.14. The summed E-state index contributed by atoms with van der Waals surface area (Å²) in [6.45, 7) is 1.84. The van der Waals surface area contributed by atoms with Crippen molar-refractivity contribution in [3.8, 4) is 0 Å². The molecule has 0 N–H and O–H groups in total. The highest BCUT2D eigenvalue weighted by Crippen LogP contribution is 2.20. The summed E-state index contributed by atoms with van der Waals surface area (Å²) in [5.41, 5.74) is 1.87. The van der Waals surface area contributed by atoms with Gasteiger partial charge in [0, 0.05) is 7.11 Å². The lowest BCUT2D eigenvalue weighted by Gasteiger charge is -2.15. The zero-order valence-corrected chi connectivity index (χ0v) is 12.8. The molecule has 0 aliphatic carbocycles. The van der Waals surface area contributed by atoms with Crippen molar-refractivity contribution in [1.82, 2.24) is 0 Å². The molecule has 1 atom stereocenters. The van der Waals surface area contributed by atoms with Crippen molar-refractivity contribution < 1.29 is 17.3 Å². The molecule has 4 nitrogen and oxygen atoms in total. The molecule has 0 saturated heterocycles. The Hall–Kier alpha value is -1.69. The van der Waals surface area contributed by atoms with E-state index in [1.54, 1.807) is 12.1 Å². The van der Waals surface area contributed by atoms with Crippen LogP contribution in [-0.2, 0) is 19.0 Å². The first kappa shape index (κ1) is 15.7. The lowest BCUT2D eigenvalue weighted by atomic mass is 10.1. The van der Waals surface area contributed by atoms with Crippen molar-refractivity contribution in [2.75, 3.05) is 13.7 Å². The third-order valence-corrected chi connectivity index (χ3v) is 4.44. The monoisotopic (exact) mass is 306 g/mol. The van der Waals surface area contributed by atoms with Crippen molar-refractivity contribution >= 4 is 10.1 Å². The van der Waals surface area contributed by atoms with E-state index in [1.165, 1.54) is 19.2 Å². The topological polar surface area (TPSA) is 52.6 Å². The number of rotatable bonds is 6. The van der Waals surface area contributed by atoms with Crippen LogP contribution in [0.4, 0.5) is 0 Å². The van der Waals surface area contributed by atoms with Crippen LogP contribution in [0.3, 0.4) is 0 Å². The van der Waals surface area contributed by atoms with Gasteiger partial charge in [0.1, 0.15) is 6.10 Å². The molecule has 2 aromatic rings. The fourth-order valence-corrected chi connectivity index (χ4v) is 2.80. The van der Waals surface area contributed by atoms with E-state index in [1.807, 2.05) is 37.3 Å². The molecule has 0 fully saturated rings. The second-order valence-electron chi connectivity index (χ2n) is 4.69. The smallest absolute Gasteiger partial charge is 0.297 e. The van der Waals surface area contributed by atoms with E-state index >= 15 is 0 Å². The van der Waals surface area contributed by atoms with Gasteiger partial charge in [0.2, 0.25) is 0 Å². The Morgan fingerprint density at radius 1 is 1.00 bits per heavy atom. The van der Waals surface area contributed by atoms with E-state index in [0.29, 0.717) is 0 Å². The predicted molar refractivity (Wildman–Crippen MR) is 80.5 cm³/mol. The average molecular weight is 306 g/mol. The van der Waals surface area contributed by atoms with Crippen molar-refractivity contribution in [2.45, 2.75) is 17.9 Å². The van der Waals surface area contributed by atoms with Gasteiger partial charge in [0.15, 0.2) is 0 Å². The predicted octanol–water partition coefficient (Wildman–Crippen LogP) is 3.09. The summed E-state index contributed by atoms with van der Waals surface area (Å²) in [5, 5.41) is 0. The summed E-state index contributed by atoms with van der Waals surface area (Å²) in [5.74, 6) is 0. The van der Waals surface area contributed by atoms with Gasteiger partial charge in [-0.1, -0.05) is 48.0 Å². The van der Waals surface area contributed by atoms with Crippen LogP contribution in [0, 0.1) is 6.92 Å². The molecule has 0 bridgehead atoms. The van der Waals surface area contributed by atoms with Crippen LogP contribution in [0.1, 0.15) is 17.2 Å². The molecule has 0 unspecified atom stereocenters. The summed E-state index contributed by atoms with van der Waals surface area (Å²) in [6.07, 6.45) is -0.425. The Kier molecular flexibility index (Phi) is 5.12. The Labute approximate surface area is 125 Å². The van der Waals surface area contributed by atoms with Gasteiger partial charge in [-0.15, -0.1) is 0 Å². The van der Waals surface area contributed by atoms with Crippen LogP contribution in [0.15, 0.2) is 59.5 Å². The average Bonchev–Trinajstić information content (AvgIpc) is 2.49. The van der Waals surface area contributed by atoms with Crippen LogP contribution in [0.5, 0.6) is 0 Å². The second kappa shape index (κ2) is 6.85. The highest BCUT2D eigenvalue weighted by Gasteiger charge is 2.19. The van der Waals surface area contributed by atoms with Crippen LogP contribution < -0.4 is 0 Å². The molecule has 5 heteroatoms. The van der Waals surface area contributed by atoms with Crippen LogP contribution in [-0.4, -0.2) is 22.1 Å². The highest BCUT2D eigenvalue weighted by atomic mass is 32.2. The Morgan fingerprint density at radius 2 is 1.62 bits per heavy atom. The number of hydrogen-bond donors (Lipinski definition) is 0. The van der Waals surface area contributed by atoms with Gasteiger partial charge in [0.25, 0.3) is 10.1 Å². The van der Waals surface area contributed by atoms with Gasteiger partial charge < -0.3 is 4.74 Å². The first-order chi connectivity index (χ1) is 10.0. The van der Waals surface area contributed by atoms with Gasteiger partial charge in [-0.05, 0) is 24.6 Å². The van der Waals surface area contributed by atoms with Gasteiger partial charge in [0.05, 0.1) is 11.5 Å². The van der Waals surface area contributed by atoms with Gasteiger partial charge in [-0.2, -0.15) is 8.42 Å². The van der Waals surface area contributed by atoms with Crippen molar-refractivity contribution in [3.63, 3.8) is 0 Å².